The monoisotopic (exact) mass is 1130 g/mol. The van der Waals surface area contributed by atoms with Crippen LogP contribution in [-0.4, -0.2) is 17.2 Å². The number of aromatic nitrogens is 2. The first-order valence-electron chi connectivity index (χ1n) is 30.4. The van der Waals surface area contributed by atoms with Crippen LogP contribution in [0.25, 0.3) is 144 Å². The Kier molecular flexibility index (Phi) is 11.3. The molecule has 0 atom stereocenters. The van der Waals surface area contributed by atoms with Crippen LogP contribution in [0, 0.1) is 0 Å². The number of furan rings is 1. The van der Waals surface area contributed by atoms with Crippen molar-refractivity contribution < 1.29 is 4.42 Å². The molecule has 18 rings (SSSR count). The van der Waals surface area contributed by atoms with E-state index in [-0.39, 0.29) is 0 Å². The summed E-state index contributed by atoms with van der Waals surface area (Å²) in [4.78, 5) is 0. The smallest absolute Gasteiger partial charge is 0.179 e. The third-order valence-corrected chi connectivity index (χ3v) is 23.5. The number of para-hydroxylation sites is 4. The Morgan fingerprint density at radius 1 is 0.239 bits per heavy atom. The largest absolute Gasteiger partial charge is 0.456 e. The summed E-state index contributed by atoms with van der Waals surface area (Å²) in [6.45, 7) is 0. The standard InChI is InChI=1S/C84H54N2OSi/c1-5-25-55(26-6-1)57-29-21-34-61(51-57)88(59-30-9-3-10-31-59,60-32-11-4-12-33-60)62-53-74(56-27-7-2-8-28-56)84-76(54-62)66-38-16-15-37-65(66)70-43-23-45-72-75-52-58(49-50-78(75)86(84)83(70)72)85-77-46-19-17-39-67(77)71-44-22-42-69(82(71)85)64-36-14-13-35-63(64)68-41-24-48-80-81(68)73-40-18-20-47-79(73)87-80/h1-54H. The number of hydrogen-bond donors (Lipinski definition) is 0. The van der Waals surface area contributed by atoms with Crippen LogP contribution < -0.4 is 20.7 Å². The maximum atomic E-state index is 6.49. The highest BCUT2D eigenvalue weighted by Gasteiger charge is 2.43. The molecule has 4 heteroatoms. The molecule has 17 aromatic rings. The molecule has 88 heavy (non-hydrogen) atoms. The Morgan fingerprint density at radius 3 is 1.39 bits per heavy atom. The van der Waals surface area contributed by atoms with Gasteiger partial charge in [-0.05, 0) is 102 Å². The van der Waals surface area contributed by atoms with Gasteiger partial charge in [0.05, 0.1) is 27.8 Å². The zero-order valence-corrected chi connectivity index (χ0v) is 49.0. The molecule has 1 aliphatic heterocycles. The van der Waals surface area contributed by atoms with Gasteiger partial charge in [0.15, 0.2) is 8.07 Å². The zero-order valence-electron chi connectivity index (χ0n) is 48.0. The first-order valence-corrected chi connectivity index (χ1v) is 32.4. The maximum Gasteiger partial charge on any atom is 0.179 e. The van der Waals surface area contributed by atoms with E-state index in [1.54, 1.807) is 0 Å². The molecular formula is C84H54N2OSi. The van der Waals surface area contributed by atoms with Gasteiger partial charge in [0.1, 0.15) is 11.2 Å². The van der Waals surface area contributed by atoms with Gasteiger partial charge < -0.3 is 13.6 Å². The van der Waals surface area contributed by atoms with Crippen LogP contribution in [0.1, 0.15) is 0 Å². The average Bonchev–Trinajstić information content (AvgIpc) is 1.46. The molecule has 14 aromatic carbocycles. The van der Waals surface area contributed by atoms with Crippen molar-refractivity contribution in [1.82, 2.24) is 9.13 Å². The van der Waals surface area contributed by atoms with Crippen molar-refractivity contribution in [2.75, 3.05) is 0 Å². The van der Waals surface area contributed by atoms with Crippen LogP contribution in [0.3, 0.4) is 0 Å². The molecule has 3 nitrogen and oxygen atoms in total. The Bertz CT molecular complexity index is 5580. The van der Waals surface area contributed by atoms with E-state index in [9.17, 15) is 0 Å². The van der Waals surface area contributed by atoms with Crippen LogP contribution in [0.4, 0.5) is 0 Å². The van der Waals surface area contributed by atoms with Crippen LogP contribution >= 0.6 is 0 Å². The number of hydrogen-bond acceptors (Lipinski definition) is 1. The van der Waals surface area contributed by atoms with Gasteiger partial charge in [0.25, 0.3) is 0 Å². The van der Waals surface area contributed by atoms with Gasteiger partial charge in [0, 0.05) is 60.3 Å². The van der Waals surface area contributed by atoms with Crippen LogP contribution in [0.15, 0.2) is 332 Å². The molecule has 410 valence electrons. The lowest BCUT2D eigenvalue weighted by atomic mass is 9.91. The predicted octanol–water partition coefficient (Wildman–Crippen LogP) is 19.5. The van der Waals surface area contributed by atoms with E-state index in [2.05, 4.69) is 331 Å². The fourth-order valence-electron chi connectivity index (χ4n) is 15.1. The third-order valence-electron chi connectivity index (χ3n) is 18.8. The Balaban J connectivity index is 0.919. The summed E-state index contributed by atoms with van der Waals surface area (Å²) >= 11 is 0. The Hall–Kier alpha value is -11.3. The first kappa shape index (κ1) is 50.1. The third kappa shape index (κ3) is 7.43. The van der Waals surface area contributed by atoms with Gasteiger partial charge in [-0.15, -0.1) is 0 Å². The van der Waals surface area contributed by atoms with Gasteiger partial charge in [-0.1, -0.05) is 291 Å². The highest BCUT2D eigenvalue weighted by Crippen LogP contribution is 2.51. The van der Waals surface area contributed by atoms with E-state index in [1.165, 1.54) is 109 Å². The van der Waals surface area contributed by atoms with Gasteiger partial charge in [-0.25, -0.2) is 0 Å². The van der Waals surface area contributed by atoms with Gasteiger partial charge >= 0.3 is 0 Å². The minimum atomic E-state index is -3.18. The summed E-state index contributed by atoms with van der Waals surface area (Å²) < 4.78 is 11.6. The van der Waals surface area contributed by atoms with E-state index >= 15 is 0 Å². The van der Waals surface area contributed by atoms with Crippen molar-refractivity contribution >= 4 is 94.4 Å². The van der Waals surface area contributed by atoms with Crippen LogP contribution in [-0.2, 0) is 0 Å². The molecule has 0 aliphatic carbocycles. The topological polar surface area (TPSA) is 23.0 Å². The molecular weight excluding hydrogens is 1080 g/mol. The molecule has 0 saturated carbocycles. The molecule has 0 unspecified atom stereocenters. The summed E-state index contributed by atoms with van der Waals surface area (Å²) in [7, 11) is -3.18. The molecule has 0 amide bonds. The van der Waals surface area contributed by atoms with Crippen molar-refractivity contribution in [2.24, 2.45) is 0 Å². The second-order valence-corrected chi connectivity index (χ2v) is 27.2. The summed E-state index contributed by atoms with van der Waals surface area (Å²) in [5.74, 6) is 0. The Morgan fingerprint density at radius 2 is 0.693 bits per heavy atom. The molecule has 0 saturated heterocycles. The van der Waals surface area contributed by atoms with Gasteiger partial charge in [-0.3, -0.25) is 0 Å². The van der Waals surface area contributed by atoms with Crippen molar-refractivity contribution in [2.45, 2.75) is 0 Å². The van der Waals surface area contributed by atoms with E-state index < -0.39 is 8.07 Å². The summed E-state index contributed by atoms with van der Waals surface area (Å²) in [6.07, 6.45) is 0. The molecule has 0 fully saturated rings. The van der Waals surface area contributed by atoms with Crippen LogP contribution in [0.5, 0.6) is 0 Å². The van der Waals surface area contributed by atoms with E-state index in [0.717, 1.165) is 55.3 Å². The van der Waals surface area contributed by atoms with Crippen molar-refractivity contribution in [3.63, 3.8) is 0 Å². The zero-order chi connectivity index (χ0) is 57.9. The number of rotatable bonds is 9. The molecule has 1 aliphatic rings. The van der Waals surface area contributed by atoms with E-state index in [4.69, 9.17) is 4.42 Å². The normalized spacial score (nSPS) is 12.1. The molecule has 4 heterocycles. The Labute approximate surface area is 510 Å². The SMILES string of the molecule is c1ccc(-c2cccc([Si](c3ccccc3)(c3ccccc3)c3cc(-c4ccccc4)c4c(c3)-c3ccccc3-c3cccc5c6cc(-n7c8ccccc8c8cccc(-c9ccccc9-c9cccc%10oc%11ccccc%11c9%10)c87)ccc6n-4c35)c2)cc1. The van der Waals surface area contributed by atoms with Gasteiger partial charge in [-0.2, -0.15) is 0 Å². The quantitative estimate of drug-likeness (QED) is 0.104. The van der Waals surface area contributed by atoms with E-state index in [1.807, 2.05) is 6.07 Å². The summed E-state index contributed by atoms with van der Waals surface area (Å²) in [5.41, 5.74) is 23.0. The molecule has 0 spiro atoms. The lowest BCUT2D eigenvalue weighted by Gasteiger charge is -2.36. The fraction of sp³-hybridized carbons (Fsp3) is 0. The molecule has 0 N–H and O–H groups in total. The molecule has 0 bridgehead atoms. The molecule has 3 aromatic heterocycles. The predicted molar refractivity (Wildman–Crippen MR) is 372 cm³/mol. The molecule has 0 radical (unpaired) electrons. The summed E-state index contributed by atoms with van der Waals surface area (Å²) in [5, 5.41) is 12.4. The summed E-state index contributed by atoms with van der Waals surface area (Å²) in [6, 6.07) is 122. The van der Waals surface area contributed by atoms with E-state index in [0.29, 0.717) is 0 Å². The lowest BCUT2D eigenvalue weighted by Crippen LogP contribution is -2.74. The second kappa shape index (κ2) is 19.9. The highest BCUT2D eigenvalue weighted by molar-refractivity contribution is 7.20. The maximum absolute atomic E-state index is 6.49. The lowest BCUT2D eigenvalue weighted by molar-refractivity contribution is 0.669. The number of nitrogens with zero attached hydrogens (tertiary/aromatic N) is 2. The van der Waals surface area contributed by atoms with Crippen molar-refractivity contribution in [1.29, 1.82) is 0 Å². The number of benzene rings is 14. The minimum Gasteiger partial charge on any atom is -0.456 e. The first-order chi connectivity index (χ1) is 43.7. The minimum absolute atomic E-state index is 0.887. The van der Waals surface area contributed by atoms with Crippen LogP contribution in [0.2, 0.25) is 0 Å². The highest BCUT2D eigenvalue weighted by atomic mass is 28.3. The van der Waals surface area contributed by atoms with Gasteiger partial charge in [0.2, 0.25) is 0 Å². The number of fused-ring (bicyclic) bond motifs is 14. The van der Waals surface area contributed by atoms with Crippen molar-refractivity contribution in [3.05, 3.63) is 328 Å². The average molecular weight is 1140 g/mol. The fourth-order valence-corrected chi connectivity index (χ4v) is 20.0. The second-order valence-electron chi connectivity index (χ2n) is 23.4. The van der Waals surface area contributed by atoms with Crippen molar-refractivity contribution in [3.8, 4) is 78.1 Å².